The number of hydroxylamine groups is 1. The zero-order chi connectivity index (χ0) is 19.1. The predicted molar refractivity (Wildman–Crippen MR) is 98.5 cm³/mol. The number of hydrogen-bond acceptors (Lipinski definition) is 9. The van der Waals surface area contributed by atoms with Gasteiger partial charge in [-0.1, -0.05) is 0 Å². The van der Waals surface area contributed by atoms with Crippen molar-refractivity contribution in [2.24, 2.45) is 0 Å². The van der Waals surface area contributed by atoms with Crippen LogP contribution in [0.5, 0.6) is 0 Å². The molecule has 142 valence electrons. The fourth-order valence-corrected chi connectivity index (χ4v) is 4.09. The number of rotatable bonds is 5. The molecule has 10 heteroatoms. The van der Waals surface area contributed by atoms with Crippen molar-refractivity contribution in [3.8, 4) is 0 Å². The van der Waals surface area contributed by atoms with Crippen LogP contribution in [-0.2, 0) is 14.4 Å². The highest BCUT2D eigenvalue weighted by Crippen LogP contribution is 2.34. The van der Waals surface area contributed by atoms with Crippen LogP contribution >= 0.6 is 11.3 Å². The van der Waals surface area contributed by atoms with Gasteiger partial charge in [0.25, 0.3) is 0 Å². The molecule has 1 aromatic heterocycles. The van der Waals surface area contributed by atoms with Crippen LogP contribution < -0.4 is 15.7 Å². The second kappa shape index (κ2) is 6.80. The zero-order valence-corrected chi connectivity index (χ0v) is 15.6. The molecule has 0 radical (unpaired) electrons. The third kappa shape index (κ3) is 3.01. The number of ketones is 1. The van der Waals surface area contributed by atoms with E-state index in [-0.39, 0.29) is 11.6 Å². The number of Topliss-reactive ketones (excluding diaryl/α,β-unsaturated/α-hetero) is 1. The Morgan fingerprint density at radius 1 is 1.48 bits per heavy atom. The summed E-state index contributed by atoms with van der Waals surface area (Å²) in [7, 11) is 1.59. The van der Waals surface area contributed by atoms with Gasteiger partial charge in [0.1, 0.15) is 17.6 Å². The van der Waals surface area contributed by atoms with Crippen molar-refractivity contribution in [2.75, 3.05) is 25.1 Å². The van der Waals surface area contributed by atoms with Gasteiger partial charge < -0.3 is 20.2 Å². The molecule has 27 heavy (non-hydrogen) atoms. The van der Waals surface area contributed by atoms with Gasteiger partial charge in [-0.15, -0.1) is 11.3 Å². The van der Waals surface area contributed by atoms with E-state index in [0.29, 0.717) is 10.7 Å². The van der Waals surface area contributed by atoms with E-state index < -0.39 is 17.9 Å². The van der Waals surface area contributed by atoms with Gasteiger partial charge in [-0.05, 0) is 18.6 Å². The van der Waals surface area contributed by atoms with Crippen molar-refractivity contribution >= 4 is 28.2 Å². The van der Waals surface area contributed by atoms with E-state index in [4.69, 9.17) is 4.84 Å². The van der Waals surface area contributed by atoms with Crippen molar-refractivity contribution in [1.29, 1.82) is 0 Å². The zero-order valence-electron chi connectivity index (χ0n) is 14.8. The highest BCUT2D eigenvalue weighted by atomic mass is 32.1. The number of thiazole rings is 1. The van der Waals surface area contributed by atoms with Crippen LogP contribution in [0.2, 0.25) is 0 Å². The number of carbonyl (C=O) groups is 2. The summed E-state index contributed by atoms with van der Waals surface area (Å²) in [4.78, 5) is 37.4. The lowest BCUT2D eigenvalue weighted by Crippen LogP contribution is -2.61. The second-order valence-corrected chi connectivity index (χ2v) is 7.37. The van der Waals surface area contributed by atoms with E-state index in [2.05, 4.69) is 20.7 Å². The molecular formula is C17H19N5O4S. The van der Waals surface area contributed by atoms with Gasteiger partial charge in [0, 0.05) is 36.4 Å². The summed E-state index contributed by atoms with van der Waals surface area (Å²) in [6, 6.07) is 0.241. The Morgan fingerprint density at radius 3 is 2.89 bits per heavy atom. The minimum Gasteiger partial charge on any atom is -0.477 e. The smallest absolute Gasteiger partial charge is 0.341 e. The number of carbonyl (C=O) groups excluding carboxylic acids is 1. The highest BCUT2D eigenvalue weighted by Gasteiger charge is 2.41. The number of fused-ring (bicyclic) bond motifs is 1. The normalized spacial score (nSPS) is 22.7. The molecule has 1 fully saturated rings. The molecule has 9 nitrogen and oxygen atoms in total. The lowest BCUT2D eigenvalue weighted by atomic mass is 9.90. The third-order valence-electron chi connectivity index (χ3n) is 4.75. The van der Waals surface area contributed by atoms with E-state index in [1.807, 2.05) is 18.4 Å². The van der Waals surface area contributed by atoms with E-state index in [0.717, 1.165) is 24.5 Å². The first-order chi connectivity index (χ1) is 13.0. The number of anilines is 1. The largest absolute Gasteiger partial charge is 0.477 e. The average Bonchev–Trinajstić information content (AvgIpc) is 3.11. The Balaban J connectivity index is 1.69. The fourth-order valence-electron chi connectivity index (χ4n) is 3.44. The number of nitrogens with one attached hydrogen (secondary N) is 2. The maximum Gasteiger partial charge on any atom is 0.341 e. The molecular weight excluding hydrogens is 370 g/mol. The standard InChI is InChI=1S/C17H19N5O4S/c1-9-5-12(21-6-10(7-21)20-26-2)19-15-13(9)14(23)11(16(24)25)8-22(15)17-18-3-4-27-17/h3-5,8,10,15,19-20H,6-7H2,1-2H3,(H,24,25). The number of aromatic nitrogens is 1. The lowest BCUT2D eigenvalue weighted by molar-refractivity contribution is -0.134. The number of carboxylic acids is 1. The maximum atomic E-state index is 12.8. The number of carboxylic acid groups (broad SMARTS) is 1. The highest BCUT2D eigenvalue weighted by molar-refractivity contribution is 7.13. The number of allylic oxidation sites excluding steroid dienone is 2. The number of nitrogens with zero attached hydrogens (tertiary/aromatic N) is 3. The molecule has 1 atom stereocenters. The Kier molecular flexibility index (Phi) is 4.46. The van der Waals surface area contributed by atoms with Crippen LogP contribution in [0.15, 0.2) is 46.4 Å². The van der Waals surface area contributed by atoms with Crippen LogP contribution in [0.25, 0.3) is 0 Å². The molecule has 1 saturated heterocycles. The Labute approximate surface area is 159 Å². The van der Waals surface area contributed by atoms with Crippen molar-refractivity contribution < 1.29 is 19.5 Å². The number of hydrogen-bond donors (Lipinski definition) is 3. The Morgan fingerprint density at radius 2 is 2.26 bits per heavy atom. The minimum atomic E-state index is -1.24. The molecule has 1 unspecified atom stereocenters. The molecule has 3 aliphatic rings. The molecule has 4 heterocycles. The summed E-state index contributed by atoms with van der Waals surface area (Å²) in [5, 5.41) is 15.3. The molecule has 0 spiro atoms. The van der Waals surface area contributed by atoms with Crippen LogP contribution in [0, 0.1) is 0 Å². The van der Waals surface area contributed by atoms with Gasteiger partial charge in [0.15, 0.2) is 5.13 Å². The molecule has 1 aromatic rings. The predicted octanol–water partition coefficient (Wildman–Crippen LogP) is 0.423. The van der Waals surface area contributed by atoms with Crippen LogP contribution in [0.3, 0.4) is 0 Å². The van der Waals surface area contributed by atoms with Gasteiger partial charge in [-0.2, -0.15) is 5.48 Å². The summed E-state index contributed by atoms with van der Waals surface area (Å²) in [6.45, 7) is 3.36. The van der Waals surface area contributed by atoms with Crippen LogP contribution in [0.1, 0.15) is 6.92 Å². The second-order valence-electron chi connectivity index (χ2n) is 6.50. The van der Waals surface area contributed by atoms with E-state index in [9.17, 15) is 14.7 Å². The van der Waals surface area contributed by atoms with Gasteiger partial charge >= 0.3 is 5.97 Å². The van der Waals surface area contributed by atoms with Crippen molar-refractivity contribution in [2.45, 2.75) is 19.1 Å². The first-order valence-electron chi connectivity index (χ1n) is 8.39. The molecule has 3 aliphatic heterocycles. The first kappa shape index (κ1) is 17.7. The summed E-state index contributed by atoms with van der Waals surface area (Å²) >= 11 is 1.38. The molecule has 0 amide bonds. The van der Waals surface area contributed by atoms with Gasteiger partial charge in [-0.25, -0.2) is 9.78 Å². The van der Waals surface area contributed by atoms with Gasteiger partial charge in [-0.3, -0.25) is 9.69 Å². The summed E-state index contributed by atoms with van der Waals surface area (Å²) in [6.07, 6.45) is 4.40. The fraction of sp³-hybridized carbons (Fsp3) is 0.353. The molecule has 0 aromatic carbocycles. The Hall–Kier alpha value is -2.69. The topological polar surface area (TPSA) is 107 Å². The quantitative estimate of drug-likeness (QED) is 0.488. The van der Waals surface area contributed by atoms with Crippen molar-refractivity contribution in [3.63, 3.8) is 0 Å². The first-order valence-corrected chi connectivity index (χ1v) is 9.27. The molecule has 0 bridgehead atoms. The maximum absolute atomic E-state index is 12.8. The molecule has 3 N–H and O–H groups in total. The SMILES string of the molecule is CONC1CN(C2=CC(C)=C3C(=O)C(C(=O)O)=CN(c4nccs4)C3N2)C1. The minimum absolute atomic E-state index is 0.241. The summed E-state index contributed by atoms with van der Waals surface area (Å²) in [5.41, 5.74) is 3.83. The summed E-state index contributed by atoms with van der Waals surface area (Å²) < 4.78 is 0. The molecule has 4 rings (SSSR count). The molecule has 0 saturated carbocycles. The van der Waals surface area contributed by atoms with E-state index >= 15 is 0 Å². The molecule has 0 aliphatic carbocycles. The summed E-state index contributed by atoms with van der Waals surface area (Å²) in [5.74, 6) is -0.827. The van der Waals surface area contributed by atoms with Crippen molar-refractivity contribution in [1.82, 2.24) is 20.7 Å². The van der Waals surface area contributed by atoms with Gasteiger partial charge in [0.05, 0.1) is 13.2 Å². The van der Waals surface area contributed by atoms with E-state index in [1.165, 1.54) is 17.5 Å². The van der Waals surface area contributed by atoms with Crippen LogP contribution in [0.4, 0.5) is 5.13 Å². The third-order valence-corrected chi connectivity index (χ3v) is 5.53. The van der Waals surface area contributed by atoms with Crippen molar-refractivity contribution in [3.05, 3.63) is 46.4 Å². The van der Waals surface area contributed by atoms with E-state index in [1.54, 1.807) is 18.2 Å². The lowest BCUT2D eigenvalue weighted by Gasteiger charge is -2.46. The average molecular weight is 389 g/mol. The number of likely N-dealkylation sites (tertiary alicyclic amines) is 1. The van der Waals surface area contributed by atoms with Gasteiger partial charge in [0.2, 0.25) is 5.78 Å². The Bertz CT molecular complexity index is 870. The monoisotopic (exact) mass is 389 g/mol. The van der Waals surface area contributed by atoms with Crippen LogP contribution in [-0.4, -0.2) is 59.1 Å². The number of aliphatic carboxylic acids is 1. The number of dihydropyridines is 1.